The Labute approximate surface area is 126 Å². The van der Waals surface area contributed by atoms with E-state index in [4.69, 9.17) is 4.74 Å². The van der Waals surface area contributed by atoms with Crippen LogP contribution in [-0.2, 0) is 13.0 Å². The van der Waals surface area contributed by atoms with Gasteiger partial charge in [-0.15, -0.1) is 10.2 Å². The molecule has 2 aromatic heterocycles. The largest absolute Gasteiger partial charge is 0.478 e. The molecule has 0 fully saturated rings. The maximum atomic E-state index is 12.2. The van der Waals surface area contributed by atoms with E-state index in [1.54, 1.807) is 10.7 Å². The van der Waals surface area contributed by atoms with Crippen molar-refractivity contribution in [3.63, 3.8) is 0 Å². The highest BCUT2D eigenvalue weighted by atomic mass is 32.1. The van der Waals surface area contributed by atoms with Crippen LogP contribution in [0.4, 0.5) is 5.13 Å². The van der Waals surface area contributed by atoms with E-state index in [2.05, 4.69) is 34.5 Å². The molecule has 0 atom stereocenters. The number of anilines is 1. The van der Waals surface area contributed by atoms with E-state index in [9.17, 15) is 4.79 Å². The lowest BCUT2D eigenvalue weighted by molar-refractivity contribution is 0.102. The molecule has 0 radical (unpaired) electrons. The fourth-order valence-electron chi connectivity index (χ4n) is 2.08. The zero-order chi connectivity index (χ0) is 14.8. The molecule has 8 heteroatoms. The lowest BCUT2D eigenvalue weighted by atomic mass is 10.1. The average molecular weight is 307 g/mol. The molecule has 0 aromatic carbocycles. The summed E-state index contributed by atoms with van der Waals surface area (Å²) < 4.78 is 7.16. The van der Waals surface area contributed by atoms with Gasteiger partial charge in [-0.2, -0.15) is 5.10 Å². The lowest BCUT2D eigenvalue weighted by Crippen LogP contribution is -2.16. The number of hydrogen-bond acceptors (Lipinski definition) is 6. The van der Waals surface area contributed by atoms with E-state index in [1.807, 2.05) is 0 Å². The third-order valence-corrected chi connectivity index (χ3v) is 3.87. The van der Waals surface area contributed by atoms with Gasteiger partial charge in [0.25, 0.3) is 5.91 Å². The minimum atomic E-state index is -0.284. The van der Waals surface area contributed by atoms with Crippen molar-refractivity contribution in [1.29, 1.82) is 0 Å². The van der Waals surface area contributed by atoms with Crippen LogP contribution in [0.15, 0.2) is 6.07 Å². The topological polar surface area (TPSA) is 81.9 Å². The van der Waals surface area contributed by atoms with Gasteiger partial charge < -0.3 is 4.74 Å². The Balaban J connectivity index is 1.68. The smallest absolute Gasteiger partial charge is 0.278 e. The molecular weight excluding hydrogens is 290 g/mol. The number of aromatic nitrogens is 4. The van der Waals surface area contributed by atoms with Gasteiger partial charge in [0.15, 0.2) is 5.69 Å². The highest BCUT2D eigenvalue weighted by molar-refractivity contribution is 7.15. The van der Waals surface area contributed by atoms with Crippen molar-refractivity contribution in [2.75, 3.05) is 11.9 Å². The number of carbonyl (C=O) groups excluding carboxylic acids is 1. The monoisotopic (exact) mass is 307 g/mol. The number of hydrogen-bond donors (Lipinski definition) is 1. The number of carbonyl (C=O) groups is 1. The van der Waals surface area contributed by atoms with Crippen molar-refractivity contribution in [1.82, 2.24) is 20.0 Å². The Morgan fingerprint density at radius 2 is 2.38 bits per heavy atom. The van der Waals surface area contributed by atoms with Crippen molar-refractivity contribution < 1.29 is 9.53 Å². The first kappa shape index (κ1) is 14.0. The molecule has 0 saturated carbocycles. The zero-order valence-electron chi connectivity index (χ0n) is 12.0. The fraction of sp³-hybridized carbons (Fsp3) is 0.538. The standard InChI is InChI=1S/C13H17N5O2S/c1-8(2)6-10-15-16-13(21-10)14-12(19)9-7-11-18(17-9)4-3-5-20-11/h7-8H,3-6H2,1-2H3,(H,14,16,19). The molecule has 0 unspecified atom stereocenters. The van der Waals surface area contributed by atoms with Crippen LogP contribution in [-0.4, -0.2) is 32.5 Å². The summed E-state index contributed by atoms with van der Waals surface area (Å²) in [5.41, 5.74) is 0.340. The van der Waals surface area contributed by atoms with Crippen LogP contribution < -0.4 is 10.1 Å². The third kappa shape index (κ3) is 3.21. The number of aryl methyl sites for hydroxylation is 1. The molecule has 2 aromatic rings. The Bertz CT molecular complexity index is 625. The Kier molecular flexibility index (Phi) is 3.87. The van der Waals surface area contributed by atoms with E-state index >= 15 is 0 Å². The second kappa shape index (κ2) is 5.80. The van der Waals surface area contributed by atoms with Crippen LogP contribution >= 0.6 is 11.3 Å². The van der Waals surface area contributed by atoms with Crippen LogP contribution in [0.5, 0.6) is 5.88 Å². The van der Waals surface area contributed by atoms with Gasteiger partial charge in [0.1, 0.15) is 5.01 Å². The van der Waals surface area contributed by atoms with Gasteiger partial charge in [0, 0.05) is 25.5 Å². The molecule has 1 aliphatic rings. The molecule has 112 valence electrons. The summed E-state index contributed by atoms with van der Waals surface area (Å²) in [6, 6.07) is 1.66. The summed E-state index contributed by atoms with van der Waals surface area (Å²) in [4.78, 5) is 12.2. The first-order valence-electron chi connectivity index (χ1n) is 6.96. The molecule has 3 heterocycles. The number of nitrogens with one attached hydrogen (secondary N) is 1. The van der Waals surface area contributed by atoms with E-state index in [0.717, 1.165) is 24.4 Å². The molecule has 1 amide bonds. The van der Waals surface area contributed by atoms with Crippen LogP contribution in [0.3, 0.4) is 0 Å². The van der Waals surface area contributed by atoms with Crippen molar-refractivity contribution in [3.8, 4) is 5.88 Å². The lowest BCUT2D eigenvalue weighted by Gasteiger charge is -2.13. The van der Waals surface area contributed by atoms with Gasteiger partial charge in [-0.25, -0.2) is 4.68 Å². The minimum absolute atomic E-state index is 0.284. The fourth-order valence-corrected chi connectivity index (χ4v) is 3.02. The summed E-state index contributed by atoms with van der Waals surface area (Å²) in [6.07, 6.45) is 1.77. The Morgan fingerprint density at radius 3 is 3.14 bits per heavy atom. The number of amides is 1. The molecule has 1 aliphatic heterocycles. The third-order valence-electron chi connectivity index (χ3n) is 3.01. The van der Waals surface area contributed by atoms with Crippen LogP contribution in [0.2, 0.25) is 0 Å². The summed E-state index contributed by atoms with van der Waals surface area (Å²) >= 11 is 1.40. The van der Waals surface area contributed by atoms with Crippen LogP contribution in [0.1, 0.15) is 35.8 Å². The van der Waals surface area contributed by atoms with E-state index < -0.39 is 0 Å². The van der Waals surface area contributed by atoms with Gasteiger partial charge in [0.05, 0.1) is 6.61 Å². The number of rotatable bonds is 4. The first-order chi connectivity index (χ1) is 10.1. The van der Waals surface area contributed by atoms with Crippen molar-refractivity contribution in [2.45, 2.75) is 33.2 Å². The molecule has 7 nitrogen and oxygen atoms in total. The molecule has 0 aliphatic carbocycles. The van der Waals surface area contributed by atoms with Gasteiger partial charge in [-0.3, -0.25) is 10.1 Å². The maximum Gasteiger partial charge on any atom is 0.278 e. The van der Waals surface area contributed by atoms with Gasteiger partial charge in [0.2, 0.25) is 11.0 Å². The molecule has 3 rings (SSSR count). The summed E-state index contributed by atoms with van der Waals surface area (Å²) in [6.45, 7) is 5.69. The van der Waals surface area contributed by atoms with Crippen molar-refractivity contribution in [3.05, 3.63) is 16.8 Å². The Hall–Kier alpha value is -1.96. The number of ether oxygens (including phenoxy) is 1. The molecule has 21 heavy (non-hydrogen) atoms. The Morgan fingerprint density at radius 1 is 1.52 bits per heavy atom. The van der Waals surface area contributed by atoms with E-state index in [0.29, 0.717) is 29.2 Å². The molecule has 0 spiro atoms. The normalized spacial score (nSPS) is 13.9. The first-order valence-corrected chi connectivity index (χ1v) is 7.78. The van der Waals surface area contributed by atoms with E-state index in [-0.39, 0.29) is 5.91 Å². The zero-order valence-corrected chi connectivity index (χ0v) is 12.8. The van der Waals surface area contributed by atoms with Crippen molar-refractivity contribution >= 4 is 22.4 Å². The SMILES string of the molecule is CC(C)Cc1nnc(NC(=O)c2cc3n(n2)CCCO3)s1. The van der Waals surface area contributed by atoms with E-state index in [1.165, 1.54) is 11.3 Å². The summed E-state index contributed by atoms with van der Waals surface area (Å²) in [5, 5.41) is 16.5. The maximum absolute atomic E-state index is 12.2. The second-order valence-corrected chi connectivity index (χ2v) is 6.41. The van der Waals surface area contributed by atoms with Crippen LogP contribution in [0.25, 0.3) is 0 Å². The number of nitrogens with zero attached hydrogens (tertiary/aromatic N) is 4. The predicted octanol–water partition coefficient (Wildman–Crippen LogP) is 1.97. The molecular formula is C13H17N5O2S. The molecule has 1 N–H and O–H groups in total. The summed E-state index contributed by atoms with van der Waals surface area (Å²) in [5.74, 6) is 0.871. The molecule has 0 saturated heterocycles. The van der Waals surface area contributed by atoms with Gasteiger partial charge in [-0.05, 0) is 5.92 Å². The van der Waals surface area contributed by atoms with Gasteiger partial charge >= 0.3 is 0 Å². The highest BCUT2D eigenvalue weighted by Crippen LogP contribution is 2.21. The van der Waals surface area contributed by atoms with Crippen LogP contribution in [0, 0.1) is 5.92 Å². The van der Waals surface area contributed by atoms with Crippen molar-refractivity contribution in [2.24, 2.45) is 5.92 Å². The predicted molar refractivity (Wildman–Crippen MR) is 78.7 cm³/mol. The second-order valence-electron chi connectivity index (χ2n) is 5.35. The quantitative estimate of drug-likeness (QED) is 0.934. The highest BCUT2D eigenvalue weighted by Gasteiger charge is 2.19. The number of fused-ring (bicyclic) bond motifs is 1. The molecule has 0 bridgehead atoms. The minimum Gasteiger partial charge on any atom is -0.478 e. The van der Waals surface area contributed by atoms with Gasteiger partial charge in [-0.1, -0.05) is 25.2 Å². The summed E-state index contributed by atoms with van der Waals surface area (Å²) in [7, 11) is 0. The average Bonchev–Trinajstić information content (AvgIpc) is 3.04.